The summed E-state index contributed by atoms with van der Waals surface area (Å²) in [6, 6.07) is 11.6. The number of rotatable bonds is 3. The van der Waals surface area contributed by atoms with Crippen LogP contribution in [0, 0.1) is 5.41 Å². The smallest absolute Gasteiger partial charge is 0.309 e. The first kappa shape index (κ1) is 29.6. The van der Waals surface area contributed by atoms with Gasteiger partial charge in [0.05, 0.1) is 16.9 Å². The van der Waals surface area contributed by atoms with E-state index in [2.05, 4.69) is 0 Å². The lowest BCUT2D eigenvalue weighted by Crippen LogP contribution is -2.50. The Hall–Kier alpha value is -3.61. The first-order valence-corrected chi connectivity index (χ1v) is 12.6. The van der Waals surface area contributed by atoms with Gasteiger partial charge in [-0.1, -0.05) is 70.2 Å². The van der Waals surface area contributed by atoms with E-state index in [1.54, 1.807) is 68.5 Å². The number of anilines is 3. The fourth-order valence-electron chi connectivity index (χ4n) is 4.50. The second-order valence-corrected chi connectivity index (χ2v) is 7.96. The molecule has 0 aromatic heterocycles. The van der Waals surface area contributed by atoms with Gasteiger partial charge >= 0.3 is 6.18 Å². The molecule has 0 bridgehead atoms. The van der Waals surface area contributed by atoms with Crippen LogP contribution in [-0.4, -0.2) is 18.4 Å². The lowest BCUT2D eigenvalue weighted by Gasteiger charge is -2.32. The number of carbonyl (C=O) groups is 2. The molecule has 2 aromatic carbocycles. The van der Waals surface area contributed by atoms with E-state index in [0.29, 0.717) is 11.3 Å². The van der Waals surface area contributed by atoms with Gasteiger partial charge in [-0.3, -0.25) is 14.5 Å². The third kappa shape index (κ3) is 5.13. The highest BCUT2D eigenvalue weighted by atomic mass is 19.4. The van der Waals surface area contributed by atoms with E-state index >= 15 is 0 Å². The van der Waals surface area contributed by atoms with Crippen molar-refractivity contribution in [1.29, 1.82) is 0 Å². The zero-order valence-electron chi connectivity index (χ0n) is 22.5. The number of halogens is 3. The van der Waals surface area contributed by atoms with Crippen LogP contribution in [0.5, 0.6) is 0 Å². The zero-order valence-corrected chi connectivity index (χ0v) is 22.5. The Bertz CT molecular complexity index is 1210. The molecule has 7 heteroatoms. The first-order chi connectivity index (χ1) is 17.7. The highest BCUT2D eigenvalue weighted by Crippen LogP contribution is 2.50. The van der Waals surface area contributed by atoms with Crippen molar-refractivity contribution in [3.8, 4) is 0 Å². The summed E-state index contributed by atoms with van der Waals surface area (Å²) in [4.78, 5) is 30.9. The minimum absolute atomic E-state index is 0.0193. The summed E-state index contributed by atoms with van der Waals surface area (Å²) in [5.41, 5.74) is -0.653. The van der Waals surface area contributed by atoms with Gasteiger partial charge < -0.3 is 4.90 Å². The fourth-order valence-corrected chi connectivity index (χ4v) is 4.50. The van der Waals surface area contributed by atoms with Crippen LogP contribution in [0.3, 0.4) is 0 Å². The number of amides is 2. The molecule has 37 heavy (non-hydrogen) atoms. The van der Waals surface area contributed by atoms with Crippen molar-refractivity contribution >= 4 is 28.9 Å². The molecule has 4 rings (SSSR count). The Morgan fingerprint density at radius 3 is 2.08 bits per heavy atom. The largest absolute Gasteiger partial charge is 0.416 e. The van der Waals surface area contributed by atoms with Gasteiger partial charge in [0.2, 0.25) is 0 Å². The highest BCUT2D eigenvalue weighted by Gasteiger charge is 2.55. The maximum Gasteiger partial charge on any atom is 0.416 e. The van der Waals surface area contributed by atoms with Crippen molar-refractivity contribution in [1.82, 2.24) is 0 Å². The Balaban J connectivity index is 0.00000115. The van der Waals surface area contributed by atoms with Crippen LogP contribution in [0.1, 0.15) is 54.0 Å². The summed E-state index contributed by atoms with van der Waals surface area (Å²) in [5.74, 6) is -1.10. The van der Waals surface area contributed by atoms with Crippen molar-refractivity contribution in [2.45, 2.75) is 54.6 Å². The predicted molar refractivity (Wildman–Crippen MR) is 145 cm³/mol. The molecule has 198 valence electrons. The maximum absolute atomic E-state index is 14.3. The molecule has 1 spiro atoms. The minimum Gasteiger partial charge on any atom is -0.309 e. The lowest BCUT2D eigenvalue weighted by atomic mass is 9.78. The summed E-state index contributed by atoms with van der Waals surface area (Å²) in [6.45, 7) is 13.5. The van der Waals surface area contributed by atoms with Gasteiger partial charge in [-0.15, -0.1) is 0 Å². The average molecular weight is 513 g/mol. The van der Waals surface area contributed by atoms with Crippen LogP contribution in [0.2, 0.25) is 0 Å². The Kier molecular flexibility index (Phi) is 9.67. The summed E-state index contributed by atoms with van der Waals surface area (Å²) in [5, 5.41) is 0. The number of benzene rings is 2. The van der Waals surface area contributed by atoms with Gasteiger partial charge in [-0.2, -0.15) is 13.2 Å². The average Bonchev–Trinajstić information content (AvgIpc) is 3.21. The Morgan fingerprint density at radius 2 is 1.54 bits per heavy atom. The van der Waals surface area contributed by atoms with E-state index in [1.165, 1.54) is 15.9 Å². The molecule has 0 saturated heterocycles. The van der Waals surface area contributed by atoms with Crippen LogP contribution in [0.15, 0.2) is 84.0 Å². The molecule has 2 amide bonds. The summed E-state index contributed by atoms with van der Waals surface area (Å²) in [6.07, 6.45) is 2.15. The quantitative estimate of drug-likeness (QED) is 0.389. The molecule has 1 atom stereocenters. The predicted octanol–water partition coefficient (Wildman–Crippen LogP) is 8.24. The monoisotopic (exact) mass is 512 g/mol. The van der Waals surface area contributed by atoms with Gasteiger partial charge in [0, 0.05) is 12.2 Å². The van der Waals surface area contributed by atoms with Gasteiger partial charge in [-0.05, 0) is 62.2 Å². The molecular formula is C30H35F3N2O2. The van der Waals surface area contributed by atoms with Crippen LogP contribution >= 0.6 is 0 Å². The molecule has 2 aliphatic rings. The Labute approximate surface area is 217 Å². The highest BCUT2D eigenvalue weighted by molar-refractivity contribution is 6.27. The third-order valence-corrected chi connectivity index (χ3v) is 6.05. The SMILES string of the molecule is C/C=C\C1=C(C)C=CC12C(=O)N(CC)c1ccc(C(F)(F)F)cc1N(c1ccccc1)C2=O.CC.CC. The summed E-state index contributed by atoms with van der Waals surface area (Å²) >= 11 is 0. The van der Waals surface area contributed by atoms with E-state index in [0.717, 1.165) is 17.7 Å². The van der Waals surface area contributed by atoms with E-state index < -0.39 is 29.0 Å². The second kappa shape index (κ2) is 12.1. The van der Waals surface area contributed by atoms with E-state index in [1.807, 2.05) is 34.6 Å². The zero-order chi connectivity index (χ0) is 28.0. The van der Waals surface area contributed by atoms with Crippen molar-refractivity contribution < 1.29 is 22.8 Å². The van der Waals surface area contributed by atoms with Crippen molar-refractivity contribution in [2.75, 3.05) is 16.3 Å². The molecule has 2 aromatic rings. The van der Waals surface area contributed by atoms with Crippen molar-refractivity contribution in [2.24, 2.45) is 5.41 Å². The number of para-hydroxylation sites is 1. The van der Waals surface area contributed by atoms with Gasteiger partial charge in [0.25, 0.3) is 11.8 Å². The number of alkyl halides is 3. The molecule has 0 saturated carbocycles. The standard InChI is InChI=1S/C26H23F3N2O2.2C2H6/c1-4-9-20-17(3)14-15-25(20)23(32)30(5-2)21-13-12-18(26(27,28)29)16-22(21)31(24(25)33)19-10-7-6-8-11-19;2*1-2/h4,6-16H,5H2,1-3H3;2*1-2H3/b9-4-;;. The van der Waals surface area contributed by atoms with E-state index in [-0.39, 0.29) is 17.9 Å². The lowest BCUT2D eigenvalue weighted by molar-refractivity contribution is -0.138. The molecule has 1 unspecified atom stereocenters. The summed E-state index contributed by atoms with van der Waals surface area (Å²) < 4.78 is 40.9. The minimum atomic E-state index is -4.61. The fraction of sp³-hybridized carbons (Fsp3) is 0.333. The van der Waals surface area contributed by atoms with E-state index in [9.17, 15) is 22.8 Å². The Morgan fingerprint density at radius 1 is 0.919 bits per heavy atom. The second-order valence-electron chi connectivity index (χ2n) is 7.96. The first-order valence-electron chi connectivity index (χ1n) is 12.6. The molecule has 1 aliphatic heterocycles. The van der Waals surface area contributed by atoms with Crippen LogP contribution in [0.25, 0.3) is 0 Å². The van der Waals surface area contributed by atoms with Crippen LogP contribution in [0.4, 0.5) is 30.2 Å². The number of hydrogen-bond acceptors (Lipinski definition) is 2. The summed E-state index contributed by atoms with van der Waals surface area (Å²) in [7, 11) is 0. The molecule has 0 fully saturated rings. The number of allylic oxidation sites excluding steroid dienone is 4. The maximum atomic E-state index is 14.3. The van der Waals surface area contributed by atoms with Crippen molar-refractivity contribution in [3.63, 3.8) is 0 Å². The van der Waals surface area contributed by atoms with Crippen LogP contribution in [-0.2, 0) is 15.8 Å². The number of nitrogens with zero attached hydrogens (tertiary/aromatic N) is 2. The van der Waals surface area contributed by atoms with Crippen molar-refractivity contribution in [3.05, 3.63) is 89.5 Å². The number of carbonyl (C=O) groups excluding carboxylic acids is 2. The molecular weight excluding hydrogens is 477 g/mol. The molecule has 1 heterocycles. The molecule has 4 nitrogen and oxygen atoms in total. The molecule has 1 aliphatic carbocycles. The normalized spacial score (nSPS) is 19.0. The van der Waals surface area contributed by atoms with Crippen LogP contribution < -0.4 is 9.80 Å². The van der Waals surface area contributed by atoms with E-state index in [4.69, 9.17) is 0 Å². The van der Waals surface area contributed by atoms with Gasteiger partial charge in [0.1, 0.15) is 0 Å². The molecule has 0 N–H and O–H groups in total. The van der Waals surface area contributed by atoms with Gasteiger partial charge in [-0.25, -0.2) is 0 Å². The van der Waals surface area contributed by atoms with Gasteiger partial charge in [0.15, 0.2) is 5.41 Å². The number of hydrogen-bond donors (Lipinski definition) is 0. The number of fused-ring (bicyclic) bond motifs is 1. The third-order valence-electron chi connectivity index (χ3n) is 6.05. The molecule has 0 radical (unpaired) electrons. The topological polar surface area (TPSA) is 40.6 Å².